The van der Waals surface area contributed by atoms with Crippen LogP contribution in [-0.2, 0) is 51.2 Å². The van der Waals surface area contributed by atoms with E-state index in [9.17, 15) is 43.5 Å². The van der Waals surface area contributed by atoms with Crippen molar-refractivity contribution in [3.05, 3.63) is 71.9 Å². The Bertz CT molecular complexity index is 2670. The number of rotatable bonds is 38. The number of carbonyl (C=O) groups is 8. The normalized spacial score (nSPS) is 14.3. The van der Waals surface area contributed by atoms with Gasteiger partial charge in [-0.3, -0.25) is 48.5 Å². The third kappa shape index (κ3) is 24.6. The van der Waals surface area contributed by atoms with Crippen LogP contribution in [0.15, 0.2) is 75.8 Å². The van der Waals surface area contributed by atoms with E-state index < -0.39 is 107 Å². The zero-order valence-electron chi connectivity index (χ0n) is 48.0. The molecule has 0 saturated heterocycles. The molecule has 0 saturated carbocycles. The molecule has 9 atom stereocenters. The van der Waals surface area contributed by atoms with E-state index in [1.54, 1.807) is 33.9 Å². The predicted octanol–water partition coefficient (Wildman–Crippen LogP) is -2.25. The maximum atomic E-state index is 14.6. The van der Waals surface area contributed by atoms with Crippen molar-refractivity contribution >= 4 is 76.1 Å². The highest BCUT2D eigenvalue weighted by atomic mass is 16.4. The first-order chi connectivity index (χ1) is 39.4. The first-order valence-electron chi connectivity index (χ1n) is 28.0. The summed E-state index contributed by atoms with van der Waals surface area (Å²) in [5.74, 6) is -8.31. The van der Waals surface area contributed by atoms with Crippen molar-refractivity contribution in [3.8, 4) is 0 Å². The third-order valence-corrected chi connectivity index (χ3v) is 13.7. The number of carbonyl (C=O) groups excluding carboxylic acids is 7. The number of aliphatic imine (C=N–C) groups is 3. The summed E-state index contributed by atoms with van der Waals surface area (Å²) in [6.07, 6.45) is 3.55. The molecular weight excluding hydrogens is 1070 g/mol. The van der Waals surface area contributed by atoms with Crippen LogP contribution in [0.5, 0.6) is 0 Å². The van der Waals surface area contributed by atoms with Gasteiger partial charge < -0.3 is 93.2 Å². The number of aromatic amines is 1. The fourth-order valence-corrected chi connectivity index (χ4v) is 8.85. The van der Waals surface area contributed by atoms with E-state index in [2.05, 4.69) is 57.2 Å². The molecule has 83 heavy (non-hydrogen) atoms. The maximum Gasteiger partial charge on any atom is 0.326 e. The molecule has 0 aliphatic carbocycles. The number of nitrogens with one attached hydrogen (secondary N) is 8. The van der Waals surface area contributed by atoms with Gasteiger partial charge in [0, 0.05) is 43.2 Å². The largest absolute Gasteiger partial charge is 0.480 e. The summed E-state index contributed by atoms with van der Waals surface area (Å²) in [6, 6.07) is 6.37. The molecular formula is C55H89N19O9. The van der Waals surface area contributed by atoms with Crippen molar-refractivity contribution in [1.82, 2.24) is 42.2 Å². The van der Waals surface area contributed by atoms with Crippen LogP contribution in [0.1, 0.15) is 103 Å². The molecule has 0 aliphatic heterocycles. The molecule has 3 aromatic rings. The van der Waals surface area contributed by atoms with Crippen LogP contribution in [0.3, 0.4) is 0 Å². The molecule has 458 valence electrons. The SMILES string of the molecule is CC[C@H](C)[C@H](NC(=O)[C@H](CCCN=C(N)N)NC(=O)[C@H](Cc1c[nH]c2ccccc12)NC(=O)[C@@H](N)Cc1ccccc1)C(=O)N[C@@H](CCCN=C(N)N)C(=O)N[C@@H](CCCCN)C(=O)N[C@H](C(=O)N[C@@H](CCCN=C(N)N)C(=O)O)C(C)C. The number of H-pyrrole nitrogens is 1. The summed E-state index contributed by atoms with van der Waals surface area (Å²) in [4.78, 5) is 127. The lowest BCUT2D eigenvalue weighted by atomic mass is 9.96. The van der Waals surface area contributed by atoms with Crippen LogP contribution in [0.4, 0.5) is 0 Å². The van der Waals surface area contributed by atoms with Crippen molar-refractivity contribution < 1.29 is 43.5 Å². The van der Waals surface area contributed by atoms with Crippen molar-refractivity contribution in [3.63, 3.8) is 0 Å². The van der Waals surface area contributed by atoms with E-state index in [-0.39, 0.29) is 102 Å². The van der Waals surface area contributed by atoms with Crippen molar-refractivity contribution in [2.45, 2.75) is 153 Å². The van der Waals surface area contributed by atoms with Crippen LogP contribution < -0.4 is 83.1 Å². The van der Waals surface area contributed by atoms with Crippen molar-refractivity contribution in [2.75, 3.05) is 26.2 Å². The van der Waals surface area contributed by atoms with E-state index in [1.807, 2.05) is 54.6 Å². The number of nitrogens with zero attached hydrogens (tertiary/aromatic N) is 3. The molecule has 2 aromatic carbocycles. The molecule has 1 heterocycles. The highest BCUT2D eigenvalue weighted by Crippen LogP contribution is 2.20. The molecule has 0 fully saturated rings. The van der Waals surface area contributed by atoms with Gasteiger partial charge in [-0.1, -0.05) is 82.6 Å². The van der Waals surface area contributed by atoms with Crippen LogP contribution in [0.25, 0.3) is 10.9 Å². The van der Waals surface area contributed by atoms with Gasteiger partial charge in [0.15, 0.2) is 17.9 Å². The Morgan fingerprint density at radius 1 is 0.518 bits per heavy atom. The topological polar surface area (TPSA) is 502 Å². The van der Waals surface area contributed by atoms with E-state index in [4.69, 9.17) is 45.9 Å². The lowest BCUT2D eigenvalue weighted by Crippen LogP contribution is -2.61. The lowest BCUT2D eigenvalue weighted by Gasteiger charge is -2.30. The number of benzene rings is 2. The molecule has 3 rings (SSSR count). The summed E-state index contributed by atoms with van der Waals surface area (Å²) in [5, 5.41) is 29.7. The second-order valence-electron chi connectivity index (χ2n) is 20.7. The van der Waals surface area contributed by atoms with Gasteiger partial charge in [-0.05, 0) is 99.8 Å². The van der Waals surface area contributed by atoms with E-state index in [0.29, 0.717) is 24.8 Å². The Morgan fingerprint density at radius 2 is 0.952 bits per heavy atom. The van der Waals surface area contributed by atoms with Gasteiger partial charge in [-0.25, -0.2) is 4.79 Å². The second kappa shape index (κ2) is 36.0. The summed E-state index contributed by atoms with van der Waals surface area (Å²) in [7, 11) is 0. The Balaban J connectivity index is 1.96. The number of amides is 7. The third-order valence-electron chi connectivity index (χ3n) is 13.7. The van der Waals surface area contributed by atoms with Crippen molar-refractivity contribution in [2.24, 2.45) is 72.7 Å². The van der Waals surface area contributed by atoms with Crippen molar-refractivity contribution in [1.29, 1.82) is 0 Å². The van der Waals surface area contributed by atoms with Gasteiger partial charge >= 0.3 is 5.97 Å². The number of para-hydroxylation sites is 1. The summed E-state index contributed by atoms with van der Waals surface area (Å²) in [6.45, 7) is 7.29. The number of hydrogen-bond donors (Lipinski definition) is 17. The Kier molecular flexibility index (Phi) is 29.8. The minimum Gasteiger partial charge on any atom is -0.480 e. The first kappa shape index (κ1) is 68.7. The zero-order chi connectivity index (χ0) is 61.6. The van der Waals surface area contributed by atoms with Crippen LogP contribution in [-0.4, -0.2) is 150 Å². The van der Waals surface area contributed by atoms with Crippen LogP contribution >= 0.6 is 0 Å². The van der Waals surface area contributed by atoms with Crippen LogP contribution in [0, 0.1) is 11.8 Å². The number of guanidine groups is 3. The molecule has 0 spiro atoms. The highest BCUT2D eigenvalue weighted by molar-refractivity contribution is 5.98. The minimum absolute atomic E-state index is 0.00738. The summed E-state index contributed by atoms with van der Waals surface area (Å²) < 4.78 is 0. The summed E-state index contributed by atoms with van der Waals surface area (Å²) >= 11 is 0. The average molecular weight is 1160 g/mol. The molecule has 25 N–H and O–H groups in total. The summed E-state index contributed by atoms with van der Waals surface area (Å²) in [5.41, 5.74) is 47.6. The van der Waals surface area contributed by atoms with Gasteiger partial charge in [0.1, 0.15) is 42.3 Å². The first-order valence-corrected chi connectivity index (χ1v) is 28.0. The molecule has 7 amide bonds. The van der Waals surface area contributed by atoms with E-state index >= 15 is 0 Å². The number of carboxylic acid groups (broad SMARTS) is 1. The smallest absolute Gasteiger partial charge is 0.326 e. The Hall–Kier alpha value is -8.53. The molecule has 0 unspecified atom stereocenters. The van der Waals surface area contributed by atoms with Gasteiger partial charge in [0.05, 0.1) is 6.04 Å². The second-order valence-corrected chi connectivity index (χ2v) is 20.7. The van der Waals surface area contributed by atoms with E-state index in [0.717, 1.165) is 16.5 Å². The van der Waals surface area contributed by atoms with Gasteiger partial charge in [-0.2, -0.15) is 0 Å². The Morgan fingerprint density at radius 3 is 1.46 bits per heavy atom. The monoisotopic (exact) mass is 1160 g/mol. The van der Waals surface area contributed by atoms with E-state index in [1.165, 1.54) is 0 Å². The molecule has 28 nitrogen and oxygen atoms in total. The number of carboxylic acids is 1. The number of aliphatic carboxylic acids is 1. The van der Waals surface area contributed by atoms with Crippen LogP contribution in [0.2, 0.25) is 0 Å². The quantitative estimate of drug-likeness (QED) is 0.0164. The highest BCUT2D eigenvalue weighted by Gasteiger charge is 2.36. The number of nitrogens with two attached hydrogens (primary N) is 8. The lowest BCUT2D eigenvalue weighted by molar-refractivity contribution is -0.143. The standard InChI is InChI=1S/C55H89N19O9/c1-5-32(4)44(74-48(78)40(22-14-26-65-54(60)61)69-49(79)42(29-34-30-67-37-19-10-9-18-35(34)37)72-45(75)36(57)28-33-16-7-6-8-17-33)51(81)70-39(21-13-25-64-53(58)59)46(76)68-38(20-11-12-24-56)47(77)73-43(31(2)3)50(80)71-41(52(82)83)23-15-27-66-55(62)63/h6-10,16-19,30-32,36,38-44,67H,5,11-15,20-29,56-57H2,1-4H3,(H,68,76)(H,69,79)(H,70,81)(H,71,80)(H,72,75)(H,73,77)(H,74,78)(H,82,83)(H4,58,59,64)(H4,60,61,65)(H4,62,63,66)/t32-,36-,38-,39-,40-,41-,42-,43-,44-/m0/s1. The molecule has 0 bridgehead atoms. The molecule has 0 radical (unpaired) electrons. The van der Waals surface area contributed by atoms with Gasteiger partial charge in [-0.15, -0.1) is 0 Å². The molecule has 1 aromatic heterocycles. The molecule has 0 aliphatic rings. The van der Waals surface area contributed by atoms with Gasteiger partial charge in [0.25, 0.3) is 0 Å². The number of aromatic nitrogens is 1. The number of unbranched alkanes of at least 4 members (excludes halogenated alkanes) is 1. The predicted molar refractivity (Wildman–Crippen MR) is 318 cm³/mol. The maximum absolute atomic E-state index is 14.6. The Labute approximate surface area is 484 Å². The van der Waals surface area contributed by atoms with Gasteiger partial charge in [0.2, 0.25) is 41.4 Å². The zero-order valence-corrected chi connectivity index (χ0v) is 48.0. The molecule has 28 heteroatoms. The fourth-order valence-electron chi connectivity index (χ4n) is 8.85. The number of hydrogen-bond acceptors (Lipinski definition) is 13. The average Bonchev–Trinajstić information content (AvgIpc) is 4.11. The number of fused-ring (bicyclic) bond motifs is 1. The minimum atomic E-state index is -1.36. The fraction of sp³-hybridized carbons (Fsp3) is 0.545.